The van der Waals surface area contributed by atoms with Gasteiger partial charge in [-0.1, -0.05) is 27.2 Å². The average molecular weight is 287 g/mol. The van der Waals surface area contributed by atoms with Crippen LogP contribution in [0, 0.1) is 5.92 Å². The van der Waals surface area contributed by atoms with E-state index in [1.54, 1.807) is 19.9 Å². The highest BCUT2D eigenvalue weighted by Crippen LogP contribution is 2.34. The van der Waals surface area contributed by atoms with Crippen LogP contribution in [-0.2, 0) is 9.53 Å². The molecule has 1 rings (SSSR count). The smallest absolute Gasteiger partial charge is 0.211 e. The van der Waals surface area contributed by atoms with Crippen LogP contribution < -0.4 is 0 Å². The molecule has 114 valence electrons. The Morgan fingerprint density at radius 2 is 2.05 bits per heavy atom. The Kier molecular flexibility index (Phi) is 5.54. The molecule has 20 heavy (non-hydrogen) atoms. The first kappa shape index (κ1) is 16.9. The van der Waals surface area contributed by atoms with Gasteiger partial charge in [0, 0.05) is 6.42 Å². The molecule has 0 aliphatic carbocycles. The lowest BCUT2D eigenvalue weighted by Crippen LogP contribution is -2.33. The van der Waals surface area contributed by atoms with Crippen molar-refractivity contribution in [1.82, 2.24) is 0 Å². The van der Waals surface area contributed by atoms with Gasteiger partial charge in [0.15, 0.2) is 5.60 Å². The molecule has 1 aliphatic rings. The van der Waals surface area contributed by atoms with E-state index in [0.29, 0.717) is 17.8 Å². The van der Waals surface area contributed by atoms with Crippen LogP contribution in [-0.4, -0.2) is 34.3 Å². The van der Waals surface area contributed by atoms with Crippen LogP contribution >= 0.6 is 0 Å². The van der Waals surface area contributed by atoms with Crippen molar-refractivity contribution in [3.8, 4) is 0 Å². The topological polar surface area (TPSA) is 66.8 Å². The number of rotatable bonds is 6. The lowest BCUT2D eigenvalue weighted by molar-refractivity contribution is -0.125. The Morgan fingerprint density at radius 3 is 2.45 bits per heavy atom. The summed E-state index contributed by atoms with van der Waals surface area (Å²) >= 11 is 0. The predicted molar refractivity (Wildman–Crippen MR) is 78.1 cm³/mol. The summed E-state index contributed by atoms with van der Waals surface area (Å²) in [5.74, 6) is 0.455. The fraction of sp³-hybridized carbons (Fsp3) is 0.688. The van der Waals surface area contributed by atoms with Crippen LogP contribution in [0.15, 0.2) is 23.0 Å². The van der Waals surface area contributed by atoms with E-state index in [2.05, 4.69) is 0 Å². The number of ether oxygens (including phenoxy) is 1. The largest absolute Gasteiger partial charge is 0.479 e. The first-order chi connectivity index (χ1) is 9.30. The van der Waals surface area contributed by atoms with Gasteiger partial charge in [0.25, 0.3) is 0 Å². The third-order valence-electron chi connectivity index (χ3n) is 4.03. The molecule has 0 aromatic carbocycles. The molecular weight excluding hydrogens is 261 g/mol. The molecular formula is C16H26O4. The van der Waals surface area contributed by atoms with Crippen molar-refractivity contribution in [2.24, 2.45) is 5.92 Å². The maximum absolute atomic E-state index is 12.4. The first-order valence-corrected chi connectivity index (χ1v) is 7.24. The van der Waals surface area contributed by atoms with E-state index < -0.39 is 11.7 Å². The number of ketones is 1. The molecule has 2 N–H and O–H groups in total. The number of Topliss-reactive ketones (excluding diaryl/α,β-unsaturated/α-hetero) is 1. The molecule has 1 aliphatic heterocycles. The summed E-state index contributed by atoms with van der Waals surface area (Å²) in [6.07, 6.45) is 2.53. The molecule has 4 heteroatoms. The van der Waals surface area contributed by atoms with Crippen LogP contribution in [0.2, 0.25) is 0 Å². The Labute approximate surface area is 121 Å². The number of carbonyl (C=O) groups excluding carboxylic acids is 1. The van der Waals surface area contributed by atoms with Gasteiger partial charge in [0.05, 0.1) is 18.3 Å². The molecule has 0 aromatic heterocycles. The summed E-state index contributed by atoms with van der Waals surface area (Å²) < 4.78 is 5.73. The maximum Gasteiger partial charge on any atom is 0.211 e. The van der Waals surface area contributed by atoms with E-state index in [1.165, 1.54) is 0 Å². The Balaban J connectivity index is 3.01. The van der Waals surface area contributed by atoms with Crippen molar-refractivity contribution in [3.63, 3.8) is 0 Å². The fourth-order valence-corrected chi connectivity index (χ4v) is 2.52. The summed E-state index contributed by atoms with van der Waals surface area (Å²) in [6.45, 7) is 9.05. The molecule has 3 atom stereocenters. The van der Waals surface area contributed by atoms with Gasteiger partial charge in [-0.05, 0) is 31.4 Å². The van der Waals surface area contributed by atoms with Crippen molar-refractivity contribution in [2.45, 2.75) is 59.2 Å². The molecule has 4 nitrogen and oxygen atoms in total. The quantitative estimate of drug-likeness (QED) is 0.581. The molecule has 0 bridgehead atoms. The monoisotopic (exact) mass is 287 g/mol. The lowest BCUT2D eigenvalue weighted by atomic mass is 9.97. The van der Waals surface area contributed by atoms with Crippen LogP contribution in [0.3, 0.4) is 0 Å². The van der Waals surface area contributed by atoms with Crippen LogP contribution in [0.1, 0.15) is 47.5 Å². The predicted octanol–water partition coefficient (Wildman–Crippen LogP) is 2.35. The van der Waals surface area contributed by atoms with E-state index in [9.17, 15) is 15.0 Å². The van der Waals surface area contributed by atoms with Crippen molar-refractivity contribution >= 4 is 5.78 Å². The van der Waals surface area contributed by atoms with Crippen molar-refractivity contribution < 1.29 is 19.7 Å². The molecule has 1 heterocycles. The second-order valence-corrected chi connectivity index (χ2v) is 5.67. The van der Waals surface area contributed by atoms with Gasteiger partial charge in [0.2, 0.25) is 5.78 Å². The minimum Gasteiger partial charge on any atom is -0.479 e. The highest BCUT2D eigenvalue weighted by Gasteiger charge is 2.43. The van der Waals surface area contributed by atoms with Crippen LogP contribution in [0.25, 0.3) is 0 Å². The fourth-order valence-electron chi connectivity index (χ4n) is 2.52. The normalized spacial score (nSPS) is 26.8. The highest BCUT2D eigenvalue weighted by atomic mass is 16.5. The molecule has 0 saturated heterocycles. The molecule has 0 aromatic rings. The van der Waals surface area contributed by atoms with Crippen molar-refractivity contribution in [1.29, 1.82) is 0 Å². The molecule has 0 radical (unpaired) electrons. The summed E-state index contributed by atoms with van der Waals surface area (Å²) in [4.78, 5) is 12.4. The third-order valence-corrected chi connectivity index (χ3v) is 4.03. The molecule has 0 saturated carbocycles. The van der Waals surface area contributed by atoms with E-state index in [1.807, 2.05) is 20.8 Å². The minimum atomic E-state index is -1.11. The van der Waals surface area contributed by atoms with Gasteiger partial charge < -0.3 is 14.9 Å². The van der Waals surface area contributed by atoms with E-state index in [0.717, 1.165) is 12.0 Å². The molecule has 0 amide bonds. The Morgan fingerprint density at radius 1 is 1.45 bits per heavy atom. The summed E-state index contributed by atoms with van der Waals surface area (Å²) in [7, 11) is 0. The molecule has 0 fully saturated rings. The lowest BCUT2D eigenvalue weighted by Gasteiger charge is -2.24. The zero-order chi connectivity index (χ0) is 15.5. The number of hydrogen-bond donors (Lipinski definition) is 2. The van der Waals surface area contributed by atoms with Crippen molar-refractivity contribution in [3.05, 3.63) is 23.0 Å². The number of carbonyl (C=O) groups is 1. The molecule has 0 spiro atoms. The second-order valence-electron chi connectivity index (χ2n) is 5.67. The molecule has 1 unspecified atom stereocenters. The number of aliphatic hydroxyl groups excluding tert-OH is 2. The highest BCUT2D eigenvalue weighted by molar-refractivity contribution is 6.05. The van der Waals surface area contributed by atoms with Crippen LogP contribution in [0.5, 0.6) is 0 Å². The minimum absolute atomic E-state index is 0.127. The standard InChI is InChI=1S/C16H26O4/c1-6-10(3)14(18)11(4)8-16(5)15(19)12(9-17)13(7-2)20-16/h8,10,14,17-18H,6-7,9H2,1-5H3/b11-8+/t10-,14+,16?/m0/s1/i2+1,3+1,4+1,5+1,9+1. The third kappa shape index (κ3) is 3.13. The van der Waals surface area contributed by atoms with Gasteiger partial charge in [-0.3, -0.25) is 4.79 Å². The maximum atomic E-state index is 12.4. The van der Waals surface area contributed by atoms with Gasteiger partial charge in [0.1, 0.15) is 5.76 Å². The van der Waals surface area contributed by atoms with Gasteiger partial charge in [-0.2, -0.15) is 0 Å². The summed E-state index contributed by atoms with van der Waals surface area (Å²) in [5.41, 5.74) is -0.0380. The SMILES string of the molecule is CC[C@H]([13CH3])[C@@H](O)/C([13CH3])=C/C1([13CH3])OC(C[13CH3])=C([13CH2]O)C1=O. The second kappa shape index (κ2) is 6.55. The zero-order valence-electron chi connectivity index (χ0n) is 13.1. The average Bonchev–Trinajstić information content (AvgIpc) is 2.68. The van der Waals surface area contributed by atoms with E-state index >= 15 is 0 Å². The Hall–Kier alpha value is -1.13. The van der Waals surface area contributed by atoms with Gasteiger partial charge in [-0.25, -0.2) is 0 Å². The van der Waals surface area contributed by atoms with Gasteiger partial charge >= 0.3 is 0 Å². The number of allylic oxidation sites excluding steroid dienone is 1. The number of hydrogen-bond acceptors (Lipinski definition) is 4. The van der Waals surface area contributed by atoms with E-state index in [-0.39, 0.29) is 18.3 Å². The first-order valence-electron chi connectivity index (χ1n) is 7.24. The van der Waals surface area contributed by atoms with Gasteiger partial charge in [-0.15, -0.1) is 0 Å². The summed E-state index contributed by atoms with van der Waals surface area (Å²) in [6, 6.07) is 0. The van der Waals surface area contributed by atoms with E-state index in [4.69, 9.17) is 4.74 Å². The zero-order valence-corrected chi connectivity index (χ0v) is 13.1. The van der Waals surface area contributed by atoms with Crippen LogP contribution in [0.4, 0.5) is 0 Å². The van der Waals surface area contributed by atoms with Crippen molar-refractivity contribution in [2.75, 3.05) is 6.61 Å². The Bertz CT molecular complexity index is 436. The number of aliphatic hydroxyl groups is 2. The summed E-state index contributed by atoms with van der Waals surface area (Å²) in [5, 5.41) is 19.5.